The number of hydrogen-bond donors (Lipinski definition) is 0. The molecule has 2 aromatic carbocycles. The quantitative estimate of drug-likeness (QED) is 0.347. The number of rotatable bonds is 7. The van der Waals surface area contributed by atoms with Crippen molar-refractivity contribution < 1.29 is 28.5 Å². The molecule has 192 valence electrons. The first-order valence-electron chi connectivity index (χ1n) is 11.5. The van der Waals surface area contributed by atoms with Crippen molar-refractivity contribution in [2.75, 3.05) is 20.8 Å². The Hall–Kier alpha value is -4.18. The second-order valence-electron chi connectivity index (χ2n) is 8.07. The van der Waals surface area contributed by atoms with E-state index in [2.05, 4.69) is 4.99 Å². The number of carbonyl (C=O) groups excluding carboxylic acids is 2. The summed E-state index contributed by atoms with van der Waals surface area (Å²) in [6.45, 7) is 4.94. The Kier molecular flexibility index (Phi) is 7.58. The van der Waals surface area contributed by atoms with Crippen LogP contribution < -0.4 is 29.1 Å². The second kappa shape index (κ2) is 10.8. The number of carbonyl (C=O) groups is 2. The molecule has 2 heterocycles. The largest absolute Gasteiger partial charge is 0.497 e. The molecule has 0 bridgehead atoms. The van der Waals surface area contributed by atoms with E-state index in [-0.39, 0.29) is 17.7 Å². The smallest absolute Gasteiger partial charge is 0.338 e. The van der Waals surface area contributed by atoms with E-state index in [1.807, 2.05) is 0 Å². The topological polar surface area (TPSA) is 105 Å². The Morgan fingerprint density at radius 1 is 1.08 bits per heavy atom. The molecule has 1 aliphatic heterocycles. The first-order chi connectivity index (χ1) is 17.8. The molecule has 9 nitrogen and oxygen atoms in total. The van der Waals surface area contributed by atoms with E-state index in [9.17, 15) is 14.4 Å². The van der Waals surface area contributed by atoms with Crippen LogP contribution in [0.1, 0.15) is 37.9 Å². The molecule has 1 aliphatic rings. The maximum absolute atomic E-state index is 13.8. The number of nitrogens with zero attached hydrogens (tertiary/aromatic N) is 2. The zero-order chi connectivity index (χ0) is 26.7. The van der Waals surface area contributed by atoms with Gasteiger partial charge >= 0.3 is 11.9 Å². The van der Waals surface area contributed by atoms with Crippen LogP contribution in [0.25, 0.3) is 6.08 Å². The minimum absolute atomic E-state index is 0.172. The zero-order valence-corrected chi connectivity index (χ0v) is 21.9. The van der Waals surface area contributed by atoms with Gasteiger partial charge < -0.3 is 18.9 Å². The molecule has 10 heteroatoms. The summed E-state index contributed by atoms with van der Waals surface area (Å²) < 4.78 is 23.3. The third kappa shape index (κ3) is 5.19. The molecule has 0 saturated heterocycles. The van der Waals surface area contributed by atoms with Gasteiger partial charge in [-0.25, -0.2) is 9.79 Å². The van der Waals surface area contributed by atoms with Crippen molar-refractivity contribution in [3.8, 4) is 17.2 Å². The highest BCUT2D eigenvalue weighted by atomic mass is 32.1. The fourth-order valence-corrected chi connectivity index (χ4v) is 5.13. The molecule has 3 aromatic rings. The van der Waals surface area contributed by atoms with E-state index >= 15 is 0 Å². The van der Waals surface area contributed by atoms with Gasteiger partial charge in [0.05, 0.1) is 36.6 Å². The van der Waals surface area contributed by atoms with Gasteiger partial charge in [0.1, 0.15) is 23.3 Å². The number of hydrogen-bond acceptors (Lipinski definition) is 9. The van der Waals surface area contributed by atoms with Gasteiger partial charge in [-0.1, -0.05) is 23.5 Å². The molecule has 37 heavy (non-hydrogen) atoms. The molecular formula is C27H26N2O7S. The number of thiazole rings is 1. The normalized spacial score (nSPS) is 15.1. The first kappa shape index (κ1) is 25.9. The Morgan fingerprint density at radius 2 is 1.78 bits per heavy atom. The fourth-order valence-electron chi connectivity index (χ4n) is 4.09. The number of benzene rings is 2. The van der Waals surface area contributed by atoms with Crippen LogP contribution in [-0.4, -0.2) is 37.3 Å². The summed E-state index contributed by atoms with van der Waals surface area (Å²) in [7, 11) is 3.06. The van der Waals surface area contributed by atoms with Crippen molar-refractivity contribution >= 4 is 29.4 Å². The van der Waals surface area contributed by atoms with Crippen molar-refractivity contribution in [2.45, 2.75) is 26.8 Å². The lowest BCUT2D eigenvalue weighted by molar-refractivity contribution is -0.139. The van der Waals surface area contributed by atoms with Gasteiger partial charge in [0, 0.05) is 12.5 Å². The number of esters is 2. The summed E-state index contributed by atoms with van der Waals surface area (Å²) >= 11 is 1.21. The van der Waals surface area contributed by atoms with Gasteiger partial charge in [0.15, 0.2) is 4.80 Å². The summed E-state index contributed by atoms with van der Waals surface area (Å²) in [5, 5.41) is 0. The minimum atomic E-state index is -0.839. The average molecular weight is 523 g/mol. The lowest BCUT2D eigenvalue weighted by Gasteiger charge is -2.26. The average Bonchev–Trinajstić information content (AvgIpc) is 3.17. The van der Waals surface area contributed by atoms with Gasteiger partial charge in [0.2, 0.25) is 0 Å². The molecule has 1 atom stereocenters. The minimum Gasteiger partial charge on any atom is -0.497 e. The van der Waals surface area contributed by atoms with Gasteiger partial charge in [-0.2, -0.15) is 0 Å². The van der Waals surface area contributed by atoms with Crippen LogP contribution in [0.15, 0.2) is 63.5 Å². The molecule has 0 spiro atoms. The van der Waals surface area contributed by atoms with Crippen molar-refractivity contribution in [3.05, 3.63) is 84.5 Å². The molecule has 0 saturated carbocycles. The van der Waals surface area contributed by atoms with Gasteiger partial charge in [-0.3, -0.25) is 14.2 Å². The SMILES string of the molecule is CCOC(=O)C1=C(C)N=c2s/c(=C\c3ccc(OC(C)=O)cc3)c(=O)n2[C@H]1c1cc(OC)ccc1OC. The molecule has 0 radical (unpaired) electrons. The number of allylic oxidation sites excluding steroid dienone is 1. The molecule has 0 N–H and O–H groups in total. The molecule has 0 fully saturated rings. The van der Waals surface area contributed by atoms with Crippen LogP contribution in [0.4, 0.5) is 0 Å². The standard InChI is InChI=1S/C27H26N2O7S/c1-6-35-26(32)23-15(2)28-27-29(24(23)20-14-19(33-4)11-12-21(20)34-5)25(31)22(37-27)13-17-7-9-18(10-8-17)36-16(3)30/h7-14,24H,6H2,1-5H3/b22-13-/t24-/m0/s1. The summed E-state index contributed by atoms with van der Waals surface area (Å²) in [4.78, 5) is 43.1. The molecular weight excluding hydrogens is 496 g/mol. The monoisotopic (exact) mass is 522 g/mol. The summed E-state index contributed by atoms with van der Waals surface area (Å²) in [5.41, 5.74) is 1.68. The Bertz CT molecular complexity index is 1570. The van der Waals surface area contributed by atoms with E-state index < -0.39 is 18.0 Å². The Balaban J connectivity index is 1.93. The summed E-state index contributed by atoms with van der Waals surface area (Å²) in [6, 6.07) is 11.2. The molecule has 4 rings (SSSR count). The van der Waals surface area contributed by atoms with Crippen molar-refractivity contribution in [3.63, 3.8) is 0 Å². The maximum Gasteiger partial charge on any atom is 0.338 e. The molecule has 0 amide bonds. The highest BCUT2D eigenvalue weighted by Gasteiger charge is 2.35. The molecule has 0 unspecified atom stereocenters. The molecule has 0 aliphatic carbocycles. The number of aromatic nitrogens is 1. The van der Waals surface area contributed by atoms with Crippen LogP contribution in [0.2, 0.25) is 0 Å². The van der Waals surface area contributed by atoms with Crippen LogP contribution in [0, 0.1) is 0 Å². The third-order valence-electron chi connectivity index (χ3n) is 5.69. The van der Waals surface area contributed by atoms with Crippen LogP contribution in [-0.2, 0) is 14.3 Å². The Morgan fingerprint density at radius 3 is 2.41 bits per heavy atom. The number of fused-ring (bicyclic) bond motifs is 1. The lowest BCUT2D eigenvalue weighted by Crippen LogP contribution is -2.40. The number of ether oxygens (including phenoxy) is 4. The first-order valence-corrected chi connectivity index (χ1v) is 12.3. The van der Waals surface area contributed by atoms with E-state index in [4.69, 9.17) is 18.9 Å². The van der Waals surface area contributed by atoms with Crippen molar-refractivity contribution in [1.29, 1.82) is 0 Å². The van der Waals surface area contributed by atoms with Crippen molar-refractivity contribution in [2.24, 2.45) is 4.99 Å². The van der Waals surface area contributed by atoms with Crippen LogP contribution >= 0.6 is 11.3 Å². The van der Waals surface area contributed by atoms with E-state index in [0.29, 0.717) is 37.8 Å². The predicted octanol–water partition coefficient (Wildman–Crippen LogP) is 2.74. The van der Waals surface area contributed by atoms with Crippen molar-refractivity contribution in [1.82, 2.24) is 4.57 Å². The van der Waals surface area contributed by atoms with Crippen LogP contribution in [0.5, 0.6) is 17.2 Å². The highest BCUT2D eigenvalue weighted by molar-refractivity contribution is 7.07. The van der Waals surface area contributed by atoms with Gasteiger partial charge in [0.25, 0.3) is 5.56 Å². The van der Waals surface area contributed by atoms with Gasteiger partial charge in [-0.15, -0.1) is 0 Å². The fraction of sp³-hybridized carbons (Fsp3) is 0.259. The second-order valence-corrected chi connectivity index (χ2v) is 9.08. The van der Waals surface area contributed by atoms with E-state index in [0.717, 1.165) is 5.56 Å². The number of methoxy groups -OCH3 is 2. The summed E-state index contributed by atoms with van der Waals surface area (Å²) in [6.07, 6.45) is 1.73. The summed E-state index contributed by atoms with van der Waals surface area (Å²) in [5.74, 6) is 0.461. The zero-order valence-electron chi connectivity index (χ0n) is 21.1. The van der Waals surface area contributed by atoms with E-state index in [1.54, 1.807) is 62.4 Å². The molecule has 1 aromatic heterocycles. The highest BCUT2D eigenvalue weighted by Crippen LogP contribution is 2.37. The van der Waals surface area contributed by atoms with Gasteiger partial charge in [-0.05, 0) is 55.8 Å². The maximum atomic E-state index is 13.8. The lowest BCUT2D eigenvalue weighted by atomic mass is 9.94. The predicted molar refractivity (Wildman–Crippen MR) is 138 cm³/mol. The third-order valence-corrected chi connectivity index (χ3v) is 6.67. The Labute approximate surface area is 216 Å². The van der Waals surface area contributed by atoms with Crippen LogP contribution in [0.3, 0.4) is 0 Å². The van der Waals surface area contributed by atoms with E-state index in [1.165, 1.54) is 37.0 Å².